The van der Waals surface area contributed by atoms with Gasteiger partial charge in [-0.1, -0.05) is 0 Å². The van der Waals surface area contributed by atoms with E-state index in [2.05, 4.69) is 37.5 Å². The van der Waals surface area contributed by atoms with Crippen LogP contribution in [0.1, 0.15) is 48.4 Å². The van der Waals surface area contributed by atoms with Crippen LogP contribution in [0.5, 0.6) is 0 Å². The monoisotopic (exact) mass is 368 g/mol. The minimum absolute atomic E-state index is 0.360. The van der Waals surface area contributed by atoms with Crippen molar-refractivity contribution in [2.75, 3.05) is 36.0 Å². The summed E-state index contributed by atoms with van der Waals surface area (Å²) in [5.74, 6) is -1.28. The van der Waals surface area contributed by atoms with Gasteiger partial charge in [0.15, 0.2) is 0 Å². The second-order valence-electron chi connectivity index (χ2n) is 6.12. The first-order valence-corrected chi connectivity index (χ1v) is 9.50. The van der Waals surface area contributed by atoms with E-state index >= 15 is 0 Å². The normalized spacial score (nSPS) is 10.4. The standard InChI is InChI=1S/C22H28N2O3/c1-5-23(6-2)19-13-9-17(10-14-19)21(25)27-22(26)18-11-15-20(16-12-18)24(7-3)8-4/h9-16H,5-8H2,1-4H3. The molecule has 2 aromatic rings. The first-order valence-electron chi connectivity index (χ1n) is 9.50. The van der Waals surface area contributed by atoms with Crippen LogP contribution in [-0.4, -0.2) is 38.1 Å². The maximum atomic E-state index is 12.3. The Balaban J connectivity index is 2.03. The molecule has 0 unspecified atom stereocenters. The smallest absolute Gasteiger partial charge is 0.346 e. The van der Waals surface area contributed by atoms with Crippen LogP contribution in [0.2, 0.25) is 0 Å². The van der Waals surface area contributed by atoms with Crippen LogP contribution in [0.15, 0.2) is 48.5 Å². The molecule has 0 saturated carbocycles. The first-order chi connectivity index (χ1) is 13.0. The number of benzene rings is 2. The molecule has 0 bridgehead atoms. The fourth-order valence-electron chi connectivity index (χ4n) is 3.00. The Bertz CT molecular complexity index is 681. The molecule has 0 aliphatic heterocycles. The zero-order valence-electron chi connectivity index (χ0n) is 16.6. The molecule has 0 aliphatic rings. The van der Waals surface area contributed by atoms with Crippen LogP contribution in [0.4, 0.5) is 11.4 Å². The van der Waals surface area contributed by atoms with Crippen molar-refractivity contribution in [3.8, 4) is 0 Å². The van der Waals surface area contributed by atoms with Gasteiger partial charge in [0, 0.05) is 37.6 Å². The molecule has 0 N–H and O–H groups in total. The SMILES string of the molecule is CCN(CC)c1ccc(C(=O)OC(=O)c2ccc(N(CC)CC)cc2)cc1. The average Bonchev–Trinajstić information content (AvgIpc) is 2.71. The number of hydrogen-bond donors (Lipinski definition) is 0. The summed E-state index contributed by atoms with van der Waals surface area (Å²) < 4.78 is 5.02. The highest BCUT2D eigenvalue weighted by Crippen LogP contribution is 2.18. The third kappa shape index (κ3) is 5.09. The largest absolute Gasteiger partial charge is 0.386 e. The maximum absolute atomic E-state index is 12.3. The summed E-state index contributed by atoms with van der Waals surface area (Å²) in [6.45, 7) is 11.9. The molecule has 2 aromatic carbocycles. The predicted octanol–water partition coefficient (Wildman–Crippen LogP) is 4.38. The van der Waals surface area contributed by atoms with Crippen molar-refractivity contribution in [2.24, 2.45) is 0 Å². The van der Waals surface area contributed by atoms with Crippen molar-refractivity contribution in [1.82, 2.24) is 0 Å². The Kier molecular flexibility index (Phi) is 7.41. The van der Waals surface area contributed by atoms with Crippen LogP contribution in [-0.2, 0) is 4.74 Å². The molecule has 2 rings (SSSR count). The number of ether oxygens (including phenoxy) is 1. The number of nitrogens with zero attached hydrogens (tertiary/aromatic N) is 2. The van der Waals surface area contributed by atoms with Gasteiger partial charge >= 0.3 is 11.9 Å². The lowest BCUT2D eigenvalue weighted by Crippen LogP contribution is -2.22. The lowest BCUT2D eigenvalue weighted by molar-refractivity contribution is 0.0398. The Labute approximate surface area is 161 Å². The van der Waals surface area contributed by atoms with Gasteiger partial charge in [-0.2, -0.15) is 0 Å². The van der Waals surface area contributed by atoms with Gasteiger partial charge in [-0.25, -0.2) is 9.59 Å². The fourth-order valence-corrected chi connectivity index (χ4v) is 3.00. The Hall–Kier alpha value is -2.82. The second kappa shape index (κ2) is 9.76. The van der Waals surface area contributed by atoms with E-state index in [1.165, 1.54) is 0 Å². The minimum atomic E-state index is -0.640. The molecule has 0 fully saturated rings. The van der Waals surface area contributed by atoms with E-state index in [-0.39, 0.29) is 0 Å². The summed E-state index contributed by atoms with van der Waals surface area (Å²) in [7, 11) is 0. The van der Waals surface area contributed by atoms with Crippen molar-refractivity contribution in [2.45, 2.75) is 27.7 Å². The maximum Gasteiger partial charge on any atom is 0.346 e. The van der Waals surface area contributed by atoms with E-state index < -0.39 is 11.9 Å². The molecule has 144 valence electrons. The van der Waals surface area contributed by atoms with E-state index in [1.807, 2.05) is 24.3 Å². The van der Waals surface area contributed by atoms with Crippen LogP contribution in [0.25, 0.3) is 0 Å². The van der Waals surface area contributed by atoms with Crippen molar-refractivity contribution >= 4 is 23.3 Å². The molecule has 0 radical (unpaired) electrons. The van der Waals surface area contributed by atoms with Gasteiger partial charge in [-0.3, -0.25) is 0 Å². The Morgan fingerprint density at radius 3 is 1.19 bits per heavy atom. The van der Waals surface area contributed by atoms with Gasteiger partial charge < -0.3 is 14.5 Å². The number of hydrogen-bond acceptors (Lipinski definition) is 5. The summed E-state index contributed by atoms with van der Waals surface area (Å²) in [5.41, 5.74) is 2.79. The summed E-state index contributed by atoms with van der Waals surface area (Å²) in [4.78, 5) is 28.9. The molecule has 0 saturated heterocycles. The molecule has 0 aliphatic carbocycles. The molecule has 0 amide bonds. The lowest BCUT2D eigenvalue weighted by Gasteiger charge is -2.21. The van der Waals surface area contributed by atoms with Crippen LogP contribution in [0, 0.1) is 0 Å². The minimum Gasteiger partial charge on any atom is -0.386 e. The third-order valence-corrected chi connectivity index (χ3v) is 4.65. The van der Waals surface area contributed by atoms with Crippen LogP contribution in [0.3, 0.4) is 0 Å². The highest BCUT2D eigenvalue weighted by Gasteiger charge is 2.16. The molecule has 0 heterocycles. The number of esters is 2. The van der Waals surface area contributed by atoms with Crippen LogP contribution < -0.4 is 9.80 Å². The third-order valence-electron chi connectivity index (χ3n) is 4.65. The second-order valence-corrected chi connectivity index (χ2v) is 6.12. The molecule has 5 nitrogen and oxygen atoms in total. The van der Waals surface area contributed by atoms with Gasteiger partial charge in [0.25, 0.3) is 0 Å². The quantitative estimate of drug-likeness (QED) is 0.511. The van der Waals surface area contributed by atoms with Crippen molar-refractivity contribution in [3.63, 3.8) is 0 Å². The highest BCUT2D eigenvalue weighted by atomic mass is 16.6. The summed E-state index contributed by atoms with van der Waals surface area (Å²) >= 11 is 0. The highest BCUT2D eigenvalue weighted by molar-refractivity contribution is 6.02. The summed E-state index contributed by atoms with van der Waals surface area (Å²) in [5, 5.41) is 0. The van der Waals surface area contributed by atoms with Gasteiger partial charge in [0.2, 0.25) is 0 Å². The summed E-state index contributed by atoms with van der Waals surface area (Å²) in [6.07, 6.45) is 0. The lowest BCUT2D eigenvalue weighted by atomic mass is 10.2. The van der Waals surface area contributed by atoms with Gasteiger partial charge in [0.05, 0.1) is 11.1 Å². The van der Waals surface area contributed by atoms with E-state index in [0.717, 1.165) is 37.6 Å². The fraction of sp³-hybridized carbons (Fsp3) is 0.364. The molecule has 5 heteroatoms. The van der Waals surface area contributed by atoms with Crippen LogP contribution >= 0.6 is 0 Å². The molecule has 0 atom stereocenters. The van der Waals surface area contributed by atoms with Crippen molar-refractivity contribution in [1.29, 1.82) is 0 Å². The number of carbonyl (C=O) groups excluding carboxylic acids is 2. The van der Waals surface area contributed by atoms with E-state index in [4.69, 9.17) is 4.74 Å². The van der Waals surface area contributed by atoms with Gasteiger partial charge in [-0.15, -0.1) is 0 Å². The number of carbonyl (C=O) groups is 2. The molecule has 0 aromatic heterocycles. The van der Waals surface area contributed by atoms with Crippen molar-refractivity contribution in [3.05, 3.63) is 59.7 Å². The molecule has 0 spiro atoms. The first kappa shape index (κ1) is 20.5. The van der Waals surface area contributed by atoms with Gasteiger partial charge in [-0.05, 0) is 76.2 Å². The van der Waals surface area contributed by atoms with Crippen molar-refractivity contribution < 1.29 is 14.3 Å². The number of anilines is 2. The Morgan fingerprint density at radius 2 is 0.926 bits per heavy atom. The average molecular weight is 368 g/mol. The van der Waals surface area contributed by atoms with E-state index in [1.54, 1.807) is 24.3 Å². The van der Waals surface area contributed by atoms with Gasteiger partial charge in [0.1, 0.15) is 0 Å². The molecular formula is C22H28N2O3. The Morgan fingerprint density at radius 1 is 0.630 bits per heavy atom. The number of rotatable bonds is 8. The van der Waals surface area contributed by atoms with E-state index in [9.17, 15) is 9.59 Å². The zero-order valence-corrected chi connectivity index (χ0v) is 16.6. The predicted molar refractivity (Wildman–Crippen MR) is 110 cm³/mol. The topological polar surface area (TPSA) is 49.9 Å². The molecule has 27 heavy (non-hydrogen) atoms. The zero-order chi connectivity index (χ0) is 19.8. The van der Waals surface area contributed by atoms with E-state index in [0.29, 0.717) is 11.1 Å². The summed E-state index contributed by atoms with van der Waals surface area (Å²) in [6, 6.07) is 14.2. The molecular weight excluding hydrogens is 340 g/mol.